The van der Waals surface area contributed by atoms with Crippen LogP contribution < -0.4 is 10.5 Å². The molecule has 108 valence electrons. The van der Waals surface area contributed by atoms with Crippen LogP contribution in [-0.2, 0) is 7.05 Å². The molecule has 1 aromatic heterocycles. The van der Waals surface area contributed by atoms with Crippen molar-refractivity contribution in [2.75, 3.05) is 0 Å². The van der Waals surface area contributed by atoms with Crippen LogP contribution in [0, 0.1) is 0 Å². The van der Waals surface area contributed by atoms with Crippen molar-refractivity contribution in [3.63, 3.8) is 0 Å². The molecular formula is C13H14Cl3N3O. The fourth-order valence-corrected chi connectivity index (χ4v) is 2.38. The first-order valence-corrected chi connectivity index (χ1v) is 7.07. The summed E-state index contributed by atoms with van der Waals surface area (Å²) in [7, 11) is 1.83. The van der Waals surface area contributed by atoms with Crippen LogP contribution in [0.5, 0.6) is 5.75 Å². The van der Waals surface area contributed by atoms with Gasteiger partial charge in [0.2, 0.25) is 0 Å². The first-order chi connectivity index (χ1) is 9.38. The van der Waals surface area contributed by atoms with Crippen LogP contribution in [-0.4, -0.2) is 15.8 Å². The number of aromatic nitrogens is 2. The molecule has 0 aliphatic rings. The number of halogens is 3. The van der Waals surface area contributed by atoms with Crippen LogP contribution in [0.15, 0.2) is 24.5 Å². The molecule has 0 fully saturated rings. The summed E-state index contributed by atoms with van der Waals surface area (Å²) < 4.78 is 7.57. The van der Waals surface area contributed by atoms with Crippen LogP contribution in [0.25, 0.3) is 0 Å². The number of aryl methyl sites for hydroxylation is 1. The summed E-state index contributed by atoms with van der Waals surface area (Å²) in [6.45, 7) is 1.85. The van der Waals surface area contributed by atoms with Gasteiger partial charge in [-0.25, -0.2) is 0 Å². The molecule has 2 aromatic rings. The van der Waals surface area contributed by atoms with Crippen molar-refractivity contribution >= 4 is 34.8 Å². The van der Waals surface area contributed by atoms with Gasteiger partial charge < -0.3 is 10.5 Å². The molecule has 0 radical (unpaired) electrons. The van der Waals surface area contributed by atoms with E-state index in [0.717, 1.165) is 5.56 Å². The van der Waals surface area contributed by atoms with Crippen molar-refractivity contribution in [3.8, 4) is 5.75 Å². The number of hydrogen-bond acceptors (Lipinski definition) is 3. The second-order valence-electron chi connectivity index (χ2n) is 4.54. The van der Waals surface area contributed by atoms with E-state index in [2.05, 4.69) is 5.10 Å². The lowest BCUT2D eigenvalue weighted by atomic mass is 10.1. The van der Waals surface area contributed by atoms with Gasteiger partial charge in [-0.2, -0.15) is 5.10 Å². The summed E-state index contributed by atoms with van der Waals surface area (Å²) in [4.78, 5) is 0. The van der Waals surface area contributed by atoms with E-state index in [9.17, 15) is 0 Å². The third-order valence-electron chi connectivity index (χ3n) is 2.76. The molecule has 7 heteroatoms. The van der Waals surface area contributed by atoms with Gasteiger partial charge >= 0.3 is 0 Å². The molecule has 1 heterocycles. The van der Waals surface area contributed by atoms with E-state index < -0.39 is 0 Å². The smallest absolute Gasteiger partial charge is 0.142 e. The fraction of sp³-hybridized carbons (Fsp3) is 0.308. The molecule has 0 spiro atoms. The summed E-state index contributed by atoms with van der Waals surface area (Å²) >= 11 is 18.0. The molecule has 0 saturated heterocycles. The molecule has 1 aromatic carbocycles. The van der Waals surface area contributed by atoms with E-state index >= 15 is 0 Å². The first-order valence-electron chi connectivity index (χ1n) is 5.94. The number of ether oxygens (including phenoxy) is 1. The Morgan fingerprint density at radius 1 is 1.20 bits per heavy atom. The number of rotatable bonds is 4. The Labute approximate surface area is 132 Å². The minimum atomic E-state index is -0.376. The third-order valence-corrected chi connectivity index (χ3v) is 3.78. The lowest BCUT2D eigenvalue weighted by Gasteiger charge is -2.22. The van der Waals surface area contributed by atoms with E-state index in [1.165, 1.54) is 0 Å². The summed E-state index contributed by atoms with van der Waals surface area (Å²) in [6.07, 6.45) is 3.18. The van der Waals surface area contributed by atoms with Gasteiger partial charge in [0.15, 0.2) is 0 Å². The predicted octanol–water partition coefficient (Wildman–Crippen LogP) is 3.85. The van der Waals surface area contributed by atoms with Crippen LogP contribution in [0.3, 0.4) is 0 Å². The summed E-state index contributed by atoms with van der Waals surface area (Å²) in [5.74, 6) is 0.437. The molecule has 4 nitrogen and oxygen atoms in total. The Bertz CT molecular complexity index is 613. The zero-order chi connectivity index (χ0) is 14.9. The van der Waals surface area contributed by atoms with Crippen molar-refractivity contribution in [1.82, 2.24) is 9.78 Å². The number of hydrogen-bond donors (Lipinski definition) is 1. The molecular weight excluding hydrogens is 321 g/mol. The largest absolute Gasteiger partial charge is 0.482 e. The van der Waals surface area contributed by atoms with Crippen molar-refractivity contribution in [3.05, 3.63) is 45.2 Å². The van der Waals surface area contributed by atoms with Crippen LogP contribution in [0.4, 0.5) is 0 Å². The molecule has 0 bridgehead atoms. The van der Waals surface area contributed by atoms with Gasteiger partial charge in [0.1, 0.15) is 11.9 Å². The maximum absolute atomic E-state index is 6.11. The minimum absolute atomic E-state index is 0.246. The van der Waals surface area contributed by atoms with Gasteiger partial charge in [-0.1, -0.05) is 34.8 Å². The molecule has 2 atom stereocenters. The summed E-state index contributed by atoms with van der Waals surface area (Å²) in [6, 6.07) is 2.88. The van der Waals surface area contributed by atoms with E-state index in [1.54, 1.807) is 23.0 Å². The maximum Gasteiger partial charge on any atom is 0.142 e. The second kappa shape index (κ2) is 6.22. The highest BCUT2D eigenvalue weighted by molar-refractivity contribution is 6.43. The van der Waals surface area contributed by atoms with E-state index in [4.69, 9.17) is 45.3 Å². The fourth-order valence-electron chi connectivity index (χ4n) is 1.80. The average Bonchev–Trinajstić information content (AvgIpc) is 2.78. The van der Waals surface area contributed by atoms with E-state index in [0.29, 0.717) is 20.8 Å². The van der Waals surface area contributed by atoms with Crippen molar-refractivity contribution in [1.29, 1.82) is 0 Å². The highest BCUT2D eigenvalue weighted by Gasteiger charge is 2.21. The zero-order valence-electron chi connectivity index (χ0n) is 11.0. The number of nitrogens with zero attached hydrogens (tertiary/aromatic N) is 2. The Kier molecular flexibility index (Phi) is 4.81. The Morgan fingerprint density at radius 2 is 1.85 bits per heavy atom. The molecule has 0 amide bonds. The van der Waals surface area contributed by atoms with Gasteiger partial charge in [-0.05, 0) is 13.0 Å². The standard InChI is InChI=1S/C13H14Cl3N3O/c1-7(17)13(8-5-18-19(2)6-8)20-12-4-10(15)9(14)3-11(12)16/h3-7,13H,17H2,1-2H3. The highest BCUT2D eigenvalue weighted by atomic mass is 35.5. The average molecular weight is 335 g/mol. The molecule has 0 aliphatic heterocycles. The van der Waals surface area contributed by atoms with Gasteiger partial charge in [0.25, 0.3) is 0 Å². The van der Waals surface area contributed by atoms with Gasteiger partial charge in [0, 0.05) is 30.9 Å². The maximum atomic E-state index is 6.11. The van der Waals surface area contributed by atoms with Crippen LogP contribution in [0.1, 0.15) is 18.6 Å². The third kappa shape index (κ3) is 3.38. The van der Waals surface area contributed by atoms with E-state index in [1.807, 2.05) is 20.2 Å². The van der Waals surface area contributed by atoms with Gasteiger partial charge in [-0.3, -0.25) is 4.68 Å². The van der Waals surface area contributed by atoms with E-state index in [-0.39, 0.29) is 12.1 Å². The Balaban J connectivity index is 2.32. The quantitative estimate of drug-likeness (QED) is 0.864. The summed E-state index contributed by atoms with van der Waals surface area (Å²) in [5.41, 5.74) is 6.85. The minimum Gasteiger partial charge on any atom is -0.482 e. The topological polar surface area (TPSA) is 53.1 Å². The SMILES string of the molecule is CC(N)C(Oc1cc(Cl)c(Cl)cc1Cl)c1cnn(C)c1. The molecule has 0 aliphatic carbocycles. The number of benzene rings is 1. The second-order valence-corrected chi connectivity index (χ2v) is 5.76. The lowest BCUT2D eigenvalue weighted by Crippen LogP contribution is -2.28. The predicted molar refractivity (Wildman–Crippen MR) is 81.7 cm³/mol. The highest BCUT2D eigenvalue weighted by Crippen LogP contribution is 2.36. The lowest BCUT2D eigenvalue weighted by molar-refractivity contribution is 0.180. The monoisotopic (exact) mass is 333 g/mol. The van der Waals surface area contributed by atoms with Gasteiger partial charge in [0.05, 0.1) is 21.3 Å². The zero-order valence-corrected chi connectivity index (χ0v) is 13.2. The van der Waals surface area contributed by atoms with Crippen molar-refractivity contribution in [2.24, 2.45) is 12.8 Å². The van der Waals surface area contributed by atoms with Crippen LogP contribution >= 0.6 is 34.8 Å². The molecule has 2 unspecified atom stereocenters. The normalized spacial score (nSPS) is 14.1. The first kappa shape index (κ1) is 15.4. The molecule has 2 N–H and O–H groups in total. The molecule has 2 rings (SSSR count). The Hall–Kier alpha value is -0.940. The molecule has 20 heavy (non-hydrogen) atoms. The van der Waals surface area contributed by atoms with Crippen molar-refractivity contribution < 1.29 is 4.74 Å². The number of nitrogens with two attached hydrogens (primary N) is 1. The Morgan fingerprint density at radius 3 is 2.40 bits per heavy atom. The van der Waals surface area contributed by atoms with Crippen molar-refractivity contribution in [2.45, 2.75) is 19.1 Å². The van der Waals surface area contributed by atoms with Gasteiger partial charge in [-0.15, -0.1) is 0 Å². The summed E-state index contributed by atoms with van der Waals surface area (Å²) in [5, 5.41) is 5.25. The molecule has 0 saturated carbocycles. The van der Waals surface area contributed by atoms with Crippen LogP contribution in [0.2, 0.25) is 15.1 Å².